The summed E-state index contributed by atoms with van der Waals surface area (Å²) in [6.07, 6.45) is 5.55. The van der Waals surface area contributed by atoms with Crippen molar-refractivity contribution in [3.8, 4) is 0 Å². The lowest BCUT2D eigenvalue weighted by Gasteiger charge is -2.27. The number of fused-ring (bicyclic) bond motifs is 3. The number of ether oxygens (including phenoxy) is 1. The van der Waals surface area contributed by atoms with E-state index in [2.05, 4.69) is 9.97 Å². The number of hydrogen-bond acceptors (Lipinski definition) is 5. The maximum Gasteiger partial charge on any atom is 0.342 e. The number of nitrogens with zero attached hydrogens (tertiary/aromatic N) is 3. The highest BCUT2D eigenvalue weighted by atomic mass is 35.5. The molecule has 3 aliphatic rings. The number of likely N-dealkylation sites (tertiary alicyclic amines) is 1. The normalized spacial score (nSPS) is 23.6. The van der Waals surface area contributed by atoms with Crippen molar-refractivity contribution in [2.24, 2.45) is 0 Å². The van der Waals surface area contributed by atoms with Crippen LogP contribution in [-0.4, -0.2) is 39.8 Å². The van der Waals surface area contributed by atoms with Gasteiger partial charge in [-0.05, 0) is 36.6 Å². The molecule has 2 fully saturated rings. The molecule has 1 saturated carbocycles. The van der Waals surface area contributed by atoms with Crippen molar-refractivity contribution in [3.05, 3.63) is 70.6 Å². The molecule has 1 amide bonds. The second kappa shape index (κ2) is 6.01. The number of benzene rings is 1. The van der Waals surface area contributed by atoms with Crippen LogP contribution < -0.4 is 0 Å². The van der Waals surface area contributed by atoms with Crippen LogP contribution in [0.2, 0.25) is 5.15 Å². The molecule has 1 atom stereocenters. The number of amides is 1. The fourth-order valence-corrected chi connectivity index (χ4v) is 5.33. The first-order valence-electron chi connectivity index (χ1n) is 10.1. The molecule has 150 valence electrons. The van der Waals surface area contributed by atoms with E-state index in [0.29, 0.717) is 25.1 Å². The lowest BCUT2D eigenvalue weighted by Crippen LogP contribution is -2.40. The van der Waals surface area contributed by atoms with E-state index in [9.17, 15) is 9.59 Å². The fourth-order valence-electron chi connectivity index (χ4n) is 5.09. The van der Waals surface area contributed by atoms with Crippen molar-refractivity contribution in [2.45, 2.75) is 30.3 Å². The second-order valence-electron chi connectivity index (χ2n) is 8.34. The summed E-state index contributed by atoms with van der Waals surface area (Å²) in [6.45, 7) is 0.881. The molecule has 0 bridgehead atoms. The second-order valence-corrected chi connectivity index (χ2v) is 8.70. The van der Waals surface area contributed by atoms with E-state index in [4.69, 9.17) is 16.3 Å². The molecule has 7 heteroatoms. The molecule has 30 heavy (non-hydrogen) atoms. The van der Waals surface area contributed by atoms with Gasteiger partial charge < -0.3 is 9.64 Å². The Morgan fingerprint density at radius 1 is 1.03 bits per heavy atom. The van der Waals surface area contributed by atoms with Gasteiger partial charge in [0.15, 0.2) is 5.60 Å². The van der Waals surface area contributed by atoms with Crippen LogP contribution in [0.5, 0.6) is 0 Å². The Bertz CT molecular complexity index is 1230. The summed E-state index contributed by atoms with van der Waals surface area (Å²) in [6, 6.07) is 11.7. The van der Waals surface area contributed by atoms with Gasteiger partial charge in [0.2, 0.25) is 5.91 Å². The molecule has 2 aromatic heterocycles. The van der Waals surface area contributed by atoms with Gasteiger partial charge in [0.25, 0.3) is 0 Å². The molecule has 1 unspecified atom stereocenters. The summed E-state index contributed by atoms with van der Waals surface area (Å²) in [5, 5.41) is 1.18. The third kappa shape index (κ3) is 2.31. The average molecular weight is 420 g/mol. The van der Waals surface area contributed by atoms with E-state index in [1.165, 1.54) is 0 Å². The molecule has 0 N–H and O–H groups in total. The van der Waals surface area contributed by atoms with Crippen LogP contribution in [0.1, 0.15) is 40.7 Å². The summed E-state index contributed by atoms with van der Waals surface area (Å²) >= 11 is 6.14. The molecule has 6 nitrogen and oxygen atoms in total. The lowest BCUT2D eigenvalue weighted by molar-refractivity contribution is -0.134. The van der Waals surface area contributed by atoms with Crippen molar-refractivity contribution >= 4 is 34.4 Å². The standard InChI is InChI=1S/C23H18ClN3O3/c24-19-18-16(6-11-26-19)23(30-20(18)28)9-12-27(13-23)21(29)22(7-8-22)15-5-10-25-17-4-2-1-3-14(15)17/h1-6,10-11H,7-9,12-13H2. The van der Waals surface area contributed by atoms with E-state index in [1.807, 2.05) is 35.2 Å². The van der Waals surface area contributed by atoms with Crippen LogP contribution in [0, 0.1) is 0 Å². The van der Waals surface area contributed by atoms with Crippen LogP contribution in [-0.2, 0) is 20.5 Å². The topological polar surface area (TPSA) is 72.4 Å². The number of esters is 1. The highest BCUT2D eigenvalue weighted by Crippen LogP contribution is 2.53. The number of carbonyl (C=O) groups excluding carboxylic acids is 2. The fraction of sp³-hybridized carbons (Fsp3) is 0.304. The number of halogens is 1. The molecule has 2 aliphatic heterocycles. The van der Waals surface area contributed by atoms with E-state index < -0.39 is 17.0 Å². The predicted molar refractivity (Wildman–Crippen MR) is 110 cm³/mol. The Morgan fingerprint density at radius 2 is 1.80 bits per heavy atom. The zero-order chi connectivity index (χ0) is 20.5. The minimum absolute atomic E-state index is 0.0976. The maximum atomic E-state index is 13.7. The van der Waals surface area contributed by atoms with Gasteiger partial charge in [-0.2, -0.15) is 0 Å². The van der Waals surface area contributed by atoms with E-state index >= 15 is 0 Å². The summed E-state index contributed by atoms with van der Waals surface area (Å²) in [7, 11) is 0. The molecule has 3 aromatic rings. The number of aromatic nitrogens is 2. The quantitative estimate of drug-likeness (QED) is 0.468. The molecule has 4 heterocycles. The predicted octanol–water partition coefficient (Wildman–Crippen LogP) is 3.61. The monoisotopic (exact) mass is 419 g/mol. The third-order valence-corrected chi connectivity index (χ3v) is 7.02. The van der Waals surface area contributed by atoms with Gasteiger partial charge in [0, 0.05) is 36.3 Å². The highest BCUT2D eigenvalue weighted by Gasteiger charge is 2.58. The molecule has 6 rings (SSSR count). The third-order valence-electron chi connectivity index (χ3n) is 6.73. The van der Waals surface area contributed by atoms with Crippen LogP contribution in [0.25, 0.3) is 10.9 Å². The summed E-state index contributed by atoms with van der Waals surface area (Å²) in [4.78, 5) is 36.4. The van der Waals surface area contributed by atoms with Gasteiger partial charge in [0.1, 0.15) is 10.7 Å². The summed E-state index contributed by atoms with van der Waals surface area (Å²) in [5.41, 5.74) is 1.65. The number of rotatable bonds is 2. The van der Waals surface area contributed by atoms with Gasteiger partial charge in [-0.25, -0.2) is 9.78 Å². The highest BCUT2D eigenvalue weighted by molar-refractivity contribution is 6.32. The van der Waals surface area contributed by atoms with E-state index in [0.717, 1.165) is 34.9 Å². The Hall–Kier alpha value is -2.99. The first-order valence-corrected chi connectivity index (χ1v) is 10.4. The molecule has 1 spiro atoms. The van der Waals surface area contributed by atoms with Crippen LogP contribution >= 0.6 is 11.6 Å². The van der Waals surface area contributed by atoms with Gasteiger partial charge in [0.05, 0.1) is 17.5 Å². The Morgan fingerprint density at radius 3 is 2.63 bits per heavy atom. The van der Waals surface area contributed by atoms with Crippen molar-refractivity contribution in [1.82, 2.24) is 14.9 Å². The first kappa shape index (κ1) is 17.8. The average Bonchev–Trinajstić information content (AvgIpc) is 3.38. The molecular formula is C23H18ClN3O3. The van der Waals surface area contributed by atoms with Crippen molar-refractivity contribution in [1.29, 1.82) is 0 Å². The van der Waals surface area contributed by atoms with Crippen LogP contribution in [0.3, 0.4) is 0 Å². The van der Waals surface area contributed by atoms with Gasteiger partial charge >= 0.3 is 5.97 Å². The molecule has 0 radical (unpaired) electrons. The molecule has 1 aliphatic carbocycles. The minimum Gasteiger partial charge on any atom is -0.448 e. The smallest absolute Gasteiger partial charge is 0.342 e. The molecule has 1 aromatic carbocycles. The Kier molecular flexibility index (Phi) is 3.58. The SMILES string of the molecule is O=C1OC2(CCN(C(=O)C3(c4ccnc5ccccc45)CC3)C2)c2ccnc(Cl)c21. The number of carbonyl (C=O) groups is 2. The zero-order valence-electron chi connectivity index (χ0n) is 16.1. The maximum absolute atomic E-state index is 13.7. The van der Waals surface area contributed by atoms with Crippen LogP contribution in [0.4, 0.5) is 0 Å². The first-order chi connectivity index (χ1) is 14.5. The van der Waals surface area contributed by atoms with Crippen molar-refractivity contribution in [3.63, 3.8) is 0 Å². The Labute approximate surface area is 177 Å². The van der Waals surface area contributed by atoms with Gasteiger partial charge in [-0.3, -0.25) is 9.78 Å². The van der Waals surface area contributed by atoms with Crippen LogP contribution in [0.15, 0.2) is 48.8 Å². The van der Waals surface area contributed by atoms with Crippen molar-refractivity contribution < 1.29 is 14.3 Å². The molecule has 1 saturated heterocycles. The van der Waals surface area contributed by atoms with E-state index in [-0.39, 0.29) is 11.1 Å². The van der Waals surface area contributed by atoms with Gasteiger partial charge in [-0.15, -0.1) is 0 Å². The summed E-state index contributed by atoms with van der Waals surface area (Å²) < 4.78 is 5.78. The largest absolute Gasteiger partial charge is 0.448 e. The Balaban J connectivity index is 1.35. The van der Waals surface area contributed by atoms with Crippen molar-refractivity contribution in [2.75, 3.05) is 13.1 Å². The lowest BCUT2D eigenvalue weighted by atomic mass is 9.91. The minimum atomic E-state index is -0.828. The molecular weight excluding hydrogens is 402 g/mol. The van der Waals surface area contributed by atoms with E-state index in [1.54, 1.807) is 18.5 Å². The van der Waals surface area contributed by atoms with Gasteiger partial charge in [-0.1, -0.05) is 29.8 Å². The zero-order valence-corrected chi connectivity index (χ0v) is 16.9. The summed E-state index contributed by atoms with van der Waals surface area (Å²) in [5.74, 6) is -0.362. The number of hydrogen-bond donors (Lipinski definition) is 0. The number of pyridine rings is 2. The number of para-hydroxylation sites is 1.